The van der Waals surface area contributed by atoms with Crippen LogP contribution in [-0.4, -0.2) is 50.9 Å². The van der Waals surface area contributed by atoms with E-state index in [4.69, 9.17) is 5.26 Å². The number of piperazine rings is 1. The average molecular weight is 296 g/mol. The predicted molar refractivity (Wildman–Crippen MR) is 80.0 cm³/mol. The van der Waals surface area contributed by atoms with Crippen molar-refractivity contribution < 1.29 is 4.79 Å². The maximum absolute atomic E-state index is 12.1. The first-order valence-corrected chi connectivity index (χ1v) is 7.49. The third-order valence-electron chi connectivity index (χ3n) is 4.62. The minimum absolute atomic E-state index is 0.100. The summed E-state index contributed by atoms with van der Waals surface area (Å²) in [6.45, 7) is 1.53. The summed E-state index contributed by atoms with van der Waals surface area (Å²) in [5.41, 5.74) is 0.842. The molecule has 7 heteroatoms. The first-order chi connectivity index (χ1) is 10.8. The molecule has 2 aromatic rings. The molecule has 1 N–H and O–H groups in total. The van der Waals surface area contributed by atoms with E-state index in [0.29, 0.717) is 18.9 Å². The van der Waals surface area contributed by atoms with Crippen molar-refractivity contribution in [1.29, 1.82) is 5.26 Å². The van der Waals surface area contributed by atoms with Gasteiger partial charge in [-0.25, -0.2) is 9.97 Å². The van der Waals surface area contributed by atoms with Gasteiger partial charge in [-0.15, -0.1) is 0 Å². The summed E-state index contributed by atoms with van der Waals surface area (Å²) < 4.78 is 0. The molecule has 2 atom stereocenters. The average Bonchev–Trinajstić information content (AvgIpc) is 3.25. The van der Waals surface area contributed by atoms with Crippen LogP contribution < -0.4 is 4.90 Å². The molecule has 0 radical (unpaired) electrons. The fourth-order valence-electron chi connectivity index (χ4n) is 3.63. The van der Waals surface area contributed by atoms with Crippen LogP contribution in [0.15, 0.2) is 18.6 Å². The van der Waals surface area contributed by atoms with Crippen molar-refractivity contribution in [3.63, 3.8) is 0 Å². The Morgan fingerprint density at radius 2 is 2.32 bits per heavy atom. The highest BCUT2D eigenvalue weighted by Gasteiger charge is 2.45. The second-order valence-corrected chi connectivity index (χ2v) is 5.84. The van der Waals surface area contributed by atoms with E-state index in [1.165, 1.54) is 0 Å². The molecule has 2 bridgehead atoms. The molecule has 2 aliphatic heterocycles. The van der Waals surface area contributed by atoms with Crippen molar-refractivity contribution >= 4 is 22.8 Å². The van der Waals surface area contributed by atoms with Gasteiger partial charge in [-0.2, -0.15) is 5.26 Å². The molecule has 2 aromatic heterocycles. The number of hydrogen-bond acceptors (Lipinski definition) is 5. The van der Waals surface area contributed by atoms with Crippen molar-refractivity contribution in [2.45, 2.75) is 31.3 Å². The highest BCUT2D eigenvalue weighted by atomic mass is 16.2. The van der Waals surface area contributed by atoms with Crippen LogP contribution in [0.25, 0.3) is 11.0 Å². The van der Waals surface area contributed by atoms with Gasteiger partial charge in [-0.3, -0.25) is 4.79 Å². The predicted octanol–water partition coefficient (Wildman–Crippen LogP) is 1.05. The fourth-order valence-corrected chi connectivity index (χ4v) is 3.63. The van der Waals surface area contributed by atoms with Crippen LogP contribution in [0.1, 0.15) is 19.3 Å². The van der Waals surface area contributed by atoms with Gasteiger partial charge in [-0.05, 0) is 12.5 Å². The van der Waals surface area contributed by atoms with Crippen molar-refractivity contribution in [2.24, 2.45) is 0 Å². The summed E-state index contributed by atoms with van der Waals surface area (Å²) in [7, 11) is 0. The summed E-state index contributed by atoms with van der Waals surface area (Å²) in [5, 5.41) is 9.64. The van der Waals surface area contributed by atoms with E-state index in [2.05, 4.69) is 19.9 Å². The zero-order valence-electron chi connectivity index (χ0n) is 12.1. The van der Waals surface area contributed by atoms with E-state index < -0.39 is 0 Å². The number of carbonyl (C=O) groups excluding carboxylic acids is 1. The van der Waals surface area contributed by atoms with E-state index >= 15 is 0 Å². The number of likely N-dealkylation sites (tertiary alicyclic amines) is 1. The third-order valence-corrected chi connectivity index (χ3v) is 4.62. The molecule has 0 aliphatic carbocycles. The molecule has 2 unspecified atom stereocenters. The minimum Gasteiger partial charge on any atom is -0.349 e. The molecule has 0 spiro atoms. The van der Waals surface area contributed by atoms with Gasteiger partial charge in [-0.1, -0.05) is 0 Å². The van der Waals surface area contributed by atoms with Gasteiger partial charge in [0.15, 0.2) is 0 Å². The normalized spacial score (nSPS) is 23.2. The van der Waals surface area contributed by atoms with Crippen LogP contribution in [0, 0.1) is 11.3 Å². The zero-order valence-corrected chi connectivity index (χ0v) is 12.1. The monoisotopic (exact) mass is 296 g/mol. The maximum Gasteiger partial charge on any atom is 0.223 e. The molecule has 7 nitrogen and oxygen atoms in total. The topological polar surface area (TPSA) is 88.9 Å². The van der Waals surface area contributed by atoms with Crippen molar-refractivity contribution in [1.82, 2.24) is 19.9 Å². The van der Waals surface area contributed by atoms with E-state index in [-0.39, 0.29) is 11.9 Å². The van der Waals surface area contributed by atoms with Gasteiger partial charge in [0.05, 0.1) is 23.5 Å². The molecule has 112 valence electrons. The zero-order chi connectivity index (χ0) is 15.1. The number of fused-ring (bicyclic) bond motifs is 3. The molecule has 4 rings (SSSR count). The lowest BCUT2D eigenvalue weighted by molar-refractivity contribution is -0.132. The second kappa shape index (κ2) is 4.98. The van der Waals surface area contributed by atoms with Gasteiger partial charge in [0.2, 0.25) is 5.91 Å². The van der Waals surface area contributed by atoms with Crippen LogP contribution >= 0.6 is 0 Å². The van der Waals surface area contributed by atoms with Gasteiger partial charge in [0.25, 0.3) is 0 Å². The molecule has 22 heavy (non-hydrogen) atoms. The fraction of sp³-hybridized carbons (Fsp3) is 0.467. The van der Waals surface area contributed by atoms with Crippen LogP contribution in [0.3, 0.4) is 0 Å². The van der Waals surface area contributed by atoms with Crippen LogP contribution in [0.5, 0.6) is 0 Å². The molecule has 0 saturated carbocycles. The smallest absolute Gasteiger partial charge is 0.223 e. The molecular weight excluding hydrogens is 280 g/mol. The lowest BCUT2D eigenvalue weighted by atomic mass is 10.2. The first-order valence-electron chi connectivity index (χ1n) is 7.49. The Bertz CT molecular complexity index is 763. The van der Waals surface area contributed by atoms with Gasteiger partial charge < -0.3 is 14.8 Å². The molecule has 0 aromatic carbocycles. The number of rotatable bonds is 3. The highest BCUT2D eigenvalue weighted by Crippen LogP contribution is 2.36. The number of carbonyl (C=O) groups is 1. The Morgan fingerprint density at radius 3 is 3.09 bits per heavy atom. The van der Waals surface area contributed by atoms with Crippen molar-refractivity contribution in [3.05, 3.63) is 18.6 Å². The number of aromatic amines is 1. The number of anilines is 1. The number of H-pyrrole nitrogens is 1. The SMILES string of the molecule is N#CCCC(=O)N1CC2CC1CN2c1ncnc2[nH]ccc12. The number of hydrogen-bond donors (Lipinski definition) is 1. The molecule has 2 fully saturated rings. The summed E-state index contributed by atoms with van der Waals surface area (Å²) in [5.74, 6) is 1.05. The highest BCUT2D eigenvalue weighted by molar-refractivity contribution is 5.88. The third kappa shape index (κ3) is 1.91. The maximum atomic E-state index is 12.1. The Kier molecular flexibility index (Phi) is 2.96. The molecule has 1 amide bonds. The molecular formula is C15H16N6O. The number of nitriles is 1. The van der Waals surface area contributed by atoms with E-state index in [1.54, 1.807) is 6.33 Å². The Morgan fingerprint density at radius 1 is 1.41 bits per heavy atom. The molecule has 2 saturated heterocycles. The largest absolute Gasteiger partial charge is 0.349 e. The van der Waals surface area contributed by atoms with Crippen LogP contribution in [-0.2, 0) is 4.79 Å². The number of aromatic nitrogens is 3. The number of amides is 1. The summed E-state index contributed by atoms with van der Waals surface area (Å²) in [6, 6.07) is 4.58. The lowest BCUT2D eigenvalue weighted by Gasteiger charge is -2.35. The van der Waals surface area contributed by atoms with E-state index in [0.717, 1.165) is 36.4 Å². The van der Waals surface area contributed by atoms with Crippen LogP contribution in [0.2, 0.25) is 0 Å². The van der Waals surface area contributed by atoms with E-state index in [1.807, 2.05) is 23.2 Å². The van der Waals surface area contributed by atoms with Crippen molar-refractivity contribution in [3.8, 4) is 6.07 Å². The summed E-state index contributed by atoms with van der Waals surface area (Å²) in [4.78, 5) is 28.1. The Balaban J connectivity index is 1.54. The Hall–Kier alpha value is -2.62. The number of nitrogens with zero attached hydrogens (tertiary/aromatic N) is 5. The molecule has 4 heterocycles. The number of nitrogens with one attached hydrogen (secondary N) is 1. The van der Waals surface area contributed by atoms with Crippen molar-refractivity contribution in [2.75, 3.05) is 18.0 Å². The standard InChI is InChI=1S/C15H16N6O/c16-4-1-2-13(22)20-7-11-6-10(20)8-21(11)15-12-3-5-17-14(12)18-9-19-15/h3,5,9-11H,1-2,6-8H2,(H,17,18,19). The van der Waals surface area contributed by atoms with E-state index in [9.17, 15) is 4.79 Å². The lowest BCUT2D eigenvalue weighted by Crippen LogP contribution is -2.49. The minimum atomic E-state index is 0.100. The van der Waals surface area contributed by atoms with Gasteiger partial charge in [0.1, 0.15) is 17.8 Å². The van der Waals surface area contributed by atoms with Crippen LogP contribution in [0.4, 0.5) is 5.82 Å². The van der Waals surface area contributed by atoms with Gasteiger partial charge >= 0.3 is 0 Å². The second-order valence-electron chi connectivity index (χ2n) is 5.84. The quantitative estimate of drug-likeness (QED) is 0.914. The Labute approximate surface area is 127 Å². The van der Waals surface area contributed by atoms with Gasteiger partial charge in [0, 0.05) is 32.1 Å². The summed E-state index contributed by atoms with van der Waals surface area (Å²) in [6.07, 6.45) is 5.06. The first kappa shape index (κ1) is 13.1. The molecule has 2 aliphatic rings. The summed E-state index contributed by atoms with van der Waals surface area (Å²) >= 11 is 0.